The molecule has 0 N–H and O–H groups in total. The van der Waals surface area contributed by atoms with Crippen molar-refractivity contribution in [3.8, 4) is 0 Å². The number of aryl methyl sites for hydroxylation is 2. The van der Waals surface area contributed by atoms with Crippen LogP contribution in [-0.2, 0) is 28.9 Å². The first kappa shape index (κ1) is 16.0. The number of rotatable bonds is 4. The van der Waals surface area contributed by atoms with Crippen molar-refractivity contribution >= 4 is 11.8 Å². The topological polar surface area (TPSA) is 40.6 Å². The summed E-state index contributed by atoms with van der Waals surface area (Å²) in [5.74, 6) is 0.406. The Morgan fingerprint density at radius 3 is 2.30 bits per heavy atom. The average Bonchev–Trinajstić information content (AvgIpc) is 3.03. The lowest BCUT2D eigenvalue weighted by Gasteiger charge is -2.35. The normalized spacial score (nSPS) is 17.3. The highest BCUT2D eigenvalue weighted by Crippen LogP contribution is 2.23. The van der Waals surface area contributed by atoms with Gasteiger partial charge in [0.05, 0.1) is 6.42 Å². The number of hydrogen-bond donors (Lipinski definition) is 0. The molecule has 1 fully saturated rings. The van der Waals surface area contributed by atoms with Gasteiger partial charge < -0.3 is 9.80 Å². The highest BCUT2D eigenvalue weighted by atomic mass is 16.2. The van der Waals surface area contributed by atoms with Gasteiger partial charge in [0.15, 0.2) is 0 Å². The molecule has 0 unspecified atom stereocenters. The van der Waals surface area contributed by atoms with E-state index in [0.29, 0.717) is 39.0 Å². The van der Waals surface area contributed by atoms with Crippen molar-refractivity contribution in [2.75, 3.05) is 26.2 Å². The molecular weight excluding hydrogens is 288 g/mol. The minimum atomic E-state index is 0.186. The van der Waals surface area contributed by atoms with Crippen molar-refractivity contribution in [3.05, 3.63) is 34.9 Å². The SMILES string of the molecule is CCCC(=O)N1CCN(C(=O)Cc2ccc3c(c2)CCC3)CC1. The Labute approximate surface area is 138 Å². The van der Waals surface area contributed by atoms with Crippen molar-refractivity contribution in [1.29, 1.82) is 0 Å². The van der Waals surface area contributed by atoms with Crippen molar-refractivity contribution in [2.45, 2.75) is 45.4 Å². The largest absolute Gasteiger partial charge is 0.339 e. The van der Waals surface area contributed by atoms with Crippen LogP contribution in [0.15, 0.2) is 18.2 Å². The molecule has 1 aromatic rings. The number of amides is 2. The van der Waals surface area contributed by atoms with Gasteiger partial charge >= 0.3 is 0 Å². The lowest BCUT2D eigenvalue weighted by molar-refractivity contribution is -0.139. The van der Waals surface area contributed by atoms with Crippen LogP contribution in [0.3, 0.4) is 0 Å². The Balaban J connectivity index is 1.53. The summed E-state index contributed by atoms with van der Waals surface area (Å²) in [6.07, 6.45) is 5.54. The predicted octanol–water partition coefficient (Wildman–Crippen LogP) is 2.19. The molecule has 0 saturated carbocycles. The van der Waals surface area contributed by atoms with Gasteiger partial charge in [0.2, 0.25) is 11.8 Å². The molecule has 0 radical (unpaired) electrons. The molecule has 0 atom stereocenters. The van der Waals surface area contributed by atoms with Crippen LogP contribution in [0.4, 0.5) is 0 Å². The molecule has 1 aromatic carbocycles. The predicted molar refractivity (Wildman–Crippen MR) is 90.2 cm³/mol. The summed E-state index contributed by atoms with van der Waals surface area (Å²) < 4.78 is 0. The van der Waals surface area contributed by atoms with Gasteiger partial charge in [-0.05, 0) is 42.4 Å². The third kappa shape index (κ3) is 3.74. The molecule has 0 bridgehead atoms. The van der Waals surface area contributed by atoms with E-state index in [4.69, 9.17) is 0 Å². The van der Waals surface area contributed by atoms with Crippen LogP contribution in [0.25, 0.3) is 0 Å². The maximum atomic E-state index is 12.5. The number of hydrogen-bond acceptors (Lipinski definition) is 2. The molecule has 4 nitrogen and oxygen atoms in total. The Kier molecular flexibility index (Phi) is 4.99. The van der Waals surface area contributed by atoms with E-state index in [2.05, 4.69) is 18.2 Å². The second kappa shape index (κ2) is 7.16. The van der Waals surface area contributed by atoms with E-state index in [-0.39, 0.29) is 11.8 Å². The average molecular weight is 314 g/mol. The monoisotopic (exact) mass is 314 g/mol. The van der Waals surface area contributed by atoms with E-state index in [9.17, 15) is 9.59 Å². The second-order valence-corrected chi connectivity index (χ2v) is 6.64. The number of carbonyl (C=O) groups is 2. The zero-order valence-corrected chi connectivity index (χ0v) is 14.0. The van der Waals surface area contributed by atoms with Crippen molar-refractivity contribution in [2.24, 2.45) is 0 Å². The zero-order valence-electron chi connectivity index (χ0n) is 14.0. The lowest BCUT2D eigenvalue weighted by Crippen LogP contribution is -2.50. The van der Waals surface area contributed by atoms with Crippen LogP contribution in [0.5, 0.6) is 0 Å². The maximum absolute atomic E-state index is 12.5. The first-order chi connectivity index (χ1) is 11.2. The van der Waals surface area contributed by atoms with Gasteiger partial charge in [-0.15, -0.1) is 0 Å². The lowest BCUT2D eigenvalue weighted by atomic mass is 10.0. The Hall–Kier alpha value is -1.84. The van der Waals surface area contributed by atoms with E-state index in [0.717, 1.165) is 18.4 Å². The fourth-order valence-electron chi connectivity index (χ4n) is 3.60. The number of benzene rings is 1. The van der Waals surface area contributed by atoms with E-state index in [1.165, 1.54) is 24.0 Å². The van der Waals surface area contributed by atoms with E-state index in [1.807, 2.05) is 16.7 Å². The van der Waals surface area contributed by atoms with Gasteiger partial charge in [-0.25, -0.2) is 0 Å². The number of nitrogens with zero attached hydrogens (tertiary/aromatic N) is 2. The summed E-state index contributed by atoms with van der Waals surface area (Å²) in [5.41, 5.74) is 4.00. The first-order valence-electron chi connectivity index (χ1n) is 8.83. The van der Waals surface area contributed by atoms with Crippen LogP contribution >= 0.6 is 0 Å². The van der Waals surface area contributed by atoms with Crippen LogP contribution in [-0.4, -0.2) is 47.8 Å². The fraction of sp³-hybridized carbons (Fsp3) is 0.579. The van der Waals surface area contributed by atoms with E-state index in [1.54, 1.807) is 0 Å². The molecule has 0 spiro atoms. The third-order valence-electron chi connectivity index (χ3n) is 4.97. The molecule has 4 heteroatoms. The second-order valence-electron chi connectivity index (χ2n) is 6.64. The Morgan fingerprint density at radius 2 is 1.61 bits per heavy atom. The molecule has 1 aliphatic carbocycles. The van der Waals surface area contributed by atoms with Gasteiger partial charge in [0.25, 0.3) is 0 Å². The molecule has 1 heterocycles. The highest BCUT2D eigenvalue weighted by Gasteiger charge is 2.23. The molecule has 23 heavy (non-hydrogen) atoms. The molecule has 0 aromatic heterocycles. The van der Waals surface area contributed by atoms with Gasteiger partial charge in [-0.2, -0.15) is 0 Å². The molecular formula is C19H26N2O2. The zero-order chi connectivity index (χ0) is 16.2. The fourth-order valence-corrected chi connectivity index (χ4v) is 3.60. The maximum Gasteiger partial charge on any atom is 0.227 e. The summed E-state index contributed by atoms with van der Waals surface area (Å²) in [6.45, 7) is 4.70. The molecule has 1 saturated heterocycles. The van der Waals surface area contributed by atoms with Gasteiger partial charge in [0, 0.05) is 32.6 Å². The van der Waals surface area contributed by atoms with Gasteiger partial charge in [-0.1, -0.05) is 25.1 Å². The van der Waals surface area contributed by atoms with Crippen LogP contribution < -0.4 is 0 Å². The molecule has 2 amide bonds. The third-order valence-corrected chi connectivity index (χ3v) is 4.97. The molecule has 2 aliphatic rings. The minimum absolute atomic E-state index is 0.186. The standard InChI is InChI=1S/C19H26N2O2/c1-2-4-18(22)20-9-11-21(12-10-20)19(23)14-15-7-8-16-5-3-6-17(16)13-15/h7-8,13H,2-6,9-12,14H2,1H3. The van der Waals surface area contributed by atoms with E-state index < -0.39 is 0 Å². The number of piperazine rings is 1. The summed E-state index contributed by atoms with van der Waals surface area (Å²) >= 11 is 0. The van der Waals surface area contributed by atoms with Gasteiger partial charge in [-0.3, -0.25) is 9.59 Å². The van der Waals surface area contributed by atoms with Crippen molar-refractivity contribution < 1.29 is 9.59 Å². The van der Waals surface area contributed by atoms with Crippen molar-refractivity contribution in [3.63, 3.8) is 0 Å². The number of carbonyl (C=O) groups excluding carboxylic acids is 2. The summed E-state index contributed by atoms with van der Waals surface area (Å²) in [6, 6.07) is 6.50. The van der Waals surface area contributed by atoms with E-state index >= 15 is 0 Å². The quantitative estimate of drug-likeness (QED) is 0.855. The minimum Gasteiger partial charge on any atom is -0.339 e. The molecule has 1 aliphatic heterocycles. The first-order valence-corrected chi connectivity index (χ1v) is 8.83. The highest BCUT2D eigenvalue weighted by molar-refractivity contribution is 5.80. The number of fused-ring (bicyclic) bond motifs is 1. The summed E-state index contributed by atoms with van der Waals surface area (Å²) in [7, 11) is 0. The van der Waals surface area contributed by atoms with Crippen LogP contribution in [0.1, 0.15) is 42.9 Å². The summed E-state index contributed by atoms with van der Waals surface area (Å²) in [5, 5.41) is 0. The molecule has 124 valence electrons. The van der Waals surface area contributed by atoms with Gasteiger partial charge in [0.1, 0.15) is 0 Å². The Bertz CT molecular complexity index is 589. The molecule has 3 rings (SSSR count). The Morgan fingerprint density at radius 1 is 0.957 bits per heavy atom. The van der Waals surface area contributed by atoms with Crippen LogP contribution in [0.2, 0.25) is 0 Å². The van der Waals surface area contributed by atoms with Crippen molar-refractivity contribution in [1.82, 2.24) is 9.80 Å². The van der Waals surface area contributed by atoms with Crippen LogP contribution in [0, 0.1) is 0 Å². The smallest absolute Gasteiger partial charge is 0.227 e. The summed E-state index contributed by atoms with van der Waals surface area (Å²) in [4.78, 5) is 28.2.